The SMILES string of the molecule is COc1cc(C(=O)N2CCCNCC2)ccc1OC1CCCC1. The quantitative estimate of drug-likeness (QED) is 0.926. The maximum absolute atomic E-state index is 12.7. The second-order valence-electron chi connectivity index (χ2n) is 6.29. The van der Waals surface area contributed by atoms with Crippen molar-refractivity contribution in [3.8, 4) is 11.5 Å². The molecule has 1 aliphatic heterocycles. The number of methoxy groups -OCH3 is 1. The summed E-state index contributed by atoms with van der Waals surface area (Å²) in [6.45, 7) is 3.38. The molecule has 1 saturated carbocycles. The summed E-state index contributed by atoms with van der Waals surface area (Å²) in [6.07, 6.45) is 5.93. The van der Waals surface area contributed by atoms with Gasteiger partial charge in [0.05, 0.1) is 13.2 Å². The molecule has 1 aromatic carbocycles. The lowest BCUT2D eigenvalue weighted by atomic mass is 10.1. The molecule has 0 aromatic heterocycles. The highest BCUT2D eigenvalue weighted by molar-refractivity contribution is 5.95. The van der Waals surface area contributed by atoms with Crippen LogP contribution in [0.25, 0.3) is 0 Å². The van der Waals surface area contributed by atoms with Gasteiger partial charge in [-0.25, -0.2) is 0 Å². The predicted molar refractivity (Wildman–Crippen MR) is 89.3 cm³/mol. The molecule has 1 aliphatic carbocycles. The van der Waals surface area contributed by atoms with Crippen molar-refractivity contribution in [2.45, 2.75) is 38.2 Å². The van der Waals surface area contributed by atoms with E-state index < -0.39 is 0 Å². The van der Waals surface area contributed by atoms with Crippen LogP contribution in [0.2, 0.25) is 0 Å². The molecule has 1 N–H and O–H groups in total. The van der Waals surface area contributed by atoms with Crippen LogP contribution in [0.4, 0.5) is 0 Å². The molecule has 2 aliphatic rings. The first-order chi connectivity index (χ1) is 11.3. The van der Waals surface area contributed by atoms with Gasteiger partial charge in [-0.1, -0.05) is 0 Å². The van der Waals surface area contributed by atoms with Gasteiger partial charge in [-0.2, -0.15) is 0 Å². The highest BCUT2D eigenvalue weighted by Gasteiger charge is 2.21. The number of amides is 1. The van der Waals surface area contributed by atoms with Crippen LogP contribution in [0.3, 0.4) is 0 Å². The summed E-state index contributed by atoms with van der Waals surface area (Å²) in [5.74, 6) is 1.46. The molecule has 1 heterocycles. The van der Waals surface area contributed by atoms with Crippen molar-refractivity contribution in [1.82, 2.24) is 10.2 Å². The number of nitrogens with zero attached hydrogens (tertiary/aromatic N) is 1. The number of nitrogens with one attached hydrogen (secondary N) is 1. The molecule has 5 heteroatoms. The van der Waals surface area contributed by atoms with Gasteiger partial charge >= 0.3 is 0 Å². The van der Waals surface area contributed by atoms with Crippen LogP contribution in [0.1, 0.15) is 42.5 Å². The molecule has 0 radical (unpaired) electrons. The zero-order valence-corrected chi connectivity index (χ0v) is 13.8. The first kappa shape index (κ1) is 16.1. The molecular formula is C18H26N2O3. The summed E-state index contributed by atoms with van der Waals surface area (Å²) in [7, 11) is 1.63. The Kier molecular flexibility index (Phi) is 5.39. The van der Waals surface area contributed by atoms with Crippen molar-refractivity contribution >= 4 is 5.91 Å². The van der Waals surface area contributed by atoms with Gasteiger partial charge in [-0.15, -0.1) is 0 Å². The lowest BCUT2D eigenvalue weighted by Gasteiger charge is -2.21. The zero-order valence-electron chi connectivity index (χ0n) is 13.8. The third kappa shape index (κ3) is 3.96. The van der Waals surface area contributed by atoms with E-state index in [4.69, 9.17) is 9.47 Å². The van der Waals surface area contributed by atoms with Crippen LogP contribution >= 0.6 is 0 Å². The van der Waals surface area contributed by atoms with E-state index in [2.05, 4.69) is 5.32 Å². The third-order valence-corrected chi connectivity index (χ3v) is 4.63. The van der Waals surface area contributed by atoms with Crippen molar-refractivity contribution in [3.63, 3.8) is 0 Å². The van der Waals surface area contributed by atoms with Crippen molar-refractivity contribution in [2.75, 3.05) is 33.3 Å². The molecule has 0 unspecified atom stereocenters. The fraction of sp³-hybridized carbons (Fsp3) is 0.611. The number of ether oxygens (including phenoxy) is 2. The van der Waals surface area contributed by atoms with E-state index in [0.29, 0.717) is 11.3 Å². The topological polar surface area (TPSA) is 50.8 Å². The minimum atomic E-state index is 0.0689. The van der Waals surface area contributed by atoms with E-state index in [-0.39, 0.29) is 12.0 Å². The molecule has 23 heavy (non-hydrogen) atoms. The van der Waals surface area contributed by atoms with Crippen molar-refractivity contribution in [1.29, 1.82) is 0 Å². The number of carbonyl (C=O) groups is 1. The fourth-order valence-electron chi connectivity index (χ4n) is 3.32. The minimum Gasteiger partial charge on any atom is -0.493 e. The van der Waals surface area contributed by atoms with Crippen molar-refractivity contribution in [3.05, 3.63) is 23.8 Å². The smallest absolute Gasteiger partial charge is 0.254 e. The number of rotatable bonds is 4. The van der Waals surface area contributed by atoms with E-state index in [1.165, 1.54) is 12.8 Å². The summed E-state index contributed by atoms with van der Waals surface area (Å²) in [4.78, 5) is 14.6. The van der Waals surface area contributed by atoms with Gasteiger partial charge in [0.25, 0.3) is 5.91 Å². The Morgan fingerprint density at radius 1 is 1.13 bits per heavy atom. The third-order valence-electron chi connectivity index (χ3n) is 4.63. The summed E-state index contributed by atoms with van der Waals surface area (Å²) in [6, 6.07) is 5.54. The Balaban J connectivity index is 1.73. The summed E-state index contributed by atoms with van der Waals surface area (Å²) in [5.41, 5.74) is 0.669. The number of carbonyl (C=O) groups excluding carboxylic acids is 1. The molecule has 0 atom stereocenters. The van der Waals surface area contributed by atoms with E-state index in [1.54, 1.807) is 7.11 Å². The molecule has 1 amide bonds. The van der Waals surface area contributed by atoms with Crippen LogP contribution in [0.5, 0.6) is 11.5 Å². The van der Waals surface area contributed by atoms with Gasteiger partial charge in [-0.05, 0) is 56.8 Å². The van der Waals surface area contributed by atoms with E-state index >= 15 is 0 Å². The normalized spacial score (nSPS) is 19.4. The molecule has 0 spiro atoms. The van der Waals surface area contributed by atoms with Crippen molar-refractivity contribution < 1.29 is 14.3 Å². The van der Waals surface area contributed by atoms with Gasteiger partial charge < -0.3 is 19.7 Å². The van der Waals surface area contributed by atoms with Gasteiger partial charge in [0.15, 0.2) is 11.5 Å². The highest BCUT2D eigenvalue weighted by atomic mass is 16.5. The molecule has 5 nitrogen and oxygen atoms in total. The summed E-state index contributed by atoms with van der Waals surface area (Å²) in [5, 5.41) is 3.32. The molecule has 1 aromatic rings. The minimum absolute atomic E-state index is 0.0689. The second-order valence-corrected chi connectivity index (χ2v) is 6.29. The second kappa shape index (κ2) is 7.68. The Morgan fingerprint density at radius 3 is 2.74 bits per heavy atom. The summed E-state index contributed by atoms with van der Waals surface area (Å²) < 4.78 is 11.5. The van der Waals surface area contributed by atoms with Gasteiger partial charge in [0, 0.05) is 25.2 Å². The summed E-state index contributed by atoms with van der Waals surface area (Å²) >= 11 is 0. The first-order valence-electron chi connectivity index (χ1n) is 8.62. The lowest BCUT2D eigenvalue weighted by molar-refractivity contribution is 0.0766. The van der Waals surface area contributed by atoms with Gasteiger partial charge in [0.2, 0.25) is 0 Å². The molecule has 126 valence electrons. The van der Waals surface area contributed by atoms with Crippen LogP contribution in [-0.2, 0) is 0 Å². The molecule has 1 saturated heterocycles. The maximum atomic E-state index is 12.7. The van der Waals surface area contributed by atoms with Crippen LogP contribution < -0.4 is 14.8 Å². The highest BCUT2D eigenvalue weighted by Crippen LogP contribution is 2.32. The molecule has 2 fully saturated rings. The monoisotopic (exact) mass is 318 g/mol. The Hall–Kier alpha value is -1.75. The fourth-order valence-corrected chi connectivity index (χ4v) is 3.32. The standard InChI is InChI=1S/C18H26N2O3/c1-22-17-13-14(18(21)20-11-4-9-19-10-12-20)7-8-16(17)23-15-5-2-3-6-15/h7-8,13,15,19H,2-6,9-12H2,1H3. The molecule has 0 bridgehead atoms. The molecule has 3 rings (SSSR count). The Morgan fingerprint density at radius 2 is 1.96 bits per heavy atom. The zero-order chi connectivity index (χ0) is 16.1. The van der Waals surface area contributed by atoms with E-state index in [0.717, 1.165) is 51.2 Å². The Bertz CT molecular complexity index is 533. The van der Waals surface area contributed by atoms with E-state index in [9.17, 15) is 4.79 Å². The predicted octanol–water partition coefficient (Wildman–Crippen LogP) is 2.45. The van der Waals surface area contributed by atoms with Gasteiger partial charge in [-0.3, -0.25) is 4.79 Å². The number of hydrogen-bond acceptors (Lipinski definition) is 4. The number of benzene rings is 1. The van der Waals surface area contributed by atoms with Crippen molar-refractivity contribution in [2.24, 2.45) is 0 Å². The average Bonchev–Trinajstić information content (AvgIpc) is 2.94. The average molecular weight is 318 g/mol. The van der Waals surface area contributed by atoms with E-state index in [1.807, 2.05) is 23.1 Å². The van der Waals surface area contributed by atoms with Gasteiger partial charge in [0.1, 0.15) is 0 Å². The molecular weight excluding hydrogens is 292 g/mol. The number of hydrogen-bond donors (Lipinski definition) is 1. The maximum Gasteiger partial charge on any atom is 0.254 e. The Labute approximate surface area is 137 Å². The van der Waals surface area contributed by atoms with Crippen LogP contribution in [0, 0.1) is 0 Å². The first-order valence-corrected chi connectivity index (χ1v) is 8.62. The largest absolute Gasteiger partial charge is 0.493 e. The van der Waals surface area contributed by atoms with Crippen LogP contribution in [-0.4, -0.2) is 50.2 Å². The lowest BCUT2D eigenvalue weighted by Crippen LogP contribution is -2.34. The van der Waals surface area contributed by atoms with Crippen LogP contribution in [0.15, 0.2) is 18.2 Å².